The molecule has 1 nitrogen and oxygen atoms in total. The second kappa shape index (κ2) is 8.35. The first-order chi connectivity index (χ1) is 9.40. The predicted molar refractivity (Wildman–Crippen MR) is 97.9 cm³/mol. The highest BCUT2D eigenvalue weighted by atomic mass is 79.9. The minimum Gasteiger partial charge on any atom is -0.344 e. The molecule has 0 aliphatic heterocycles. The first-order valence-corrected chi connectivity index (χ1v) is 7.59. The molecular formula is C19H26BrN. The zero-order valence-electron chi connectivity index (χ0n) is 12.9. The highest BCUT2D eigenvalue weighted by Crippen LogP contribution is 2.38. The van der Waals surface area contributed by atoms with Crippen LogP contribution in [0.2, 0.25) is 0 Å². The Labute approximate surface area is 139 Å². The van der Waals surface area contributed by atoms with Crippen LogP contribution in [0.3, 0.4) is 0 Å². The number of unbranched alkanes of at least 4 members (excludes halogenated alkanes) is 3. The molecule has 0 saturated heterocycles. The van der Waals surface area contributed by atoms with Gasteiger partial charge in [-0.25, -0.2) is 0 Å². The third-order valence-corrected chi connectivity index (χ3v) is 4.25. The Morgan fingerprint density at radius 1 is 0.857 bits per heavy atom. The van der Waals surface area contributed by atoms with Crippen molar-refractivity contribution in [2.24, 2.45) is 0 Å². The van der Waals surface area contributed by atoms with Gasteiger partial charge in [-0.1, -0.05) is 68.7 Å². The molecule has 2 heteroatoms. The van der Waals surface area contributed by atoms with Crippen LogP contribution >= 0.6 is 17.0 Å². The first-order valence-electron chi connectivity index (χ1n) is 7.59. The van der Waals surface area contributed by atoms with Crippen LogP contribution in [0.25, 0.3) is 11.1 Å². The lowest BCUT2D eigenvalue weighted by atomic mass is 9.97. The van der Waals surface area contributed by atoms with Crippen molar-refractivity contribution in [3.63, 3.8) is 0 Å². The van der Waals surface area contributed by atoms with Crippen LogP contribution in [-0.2, 0) is 12.8 Å². The first kappa shape index (κ1) is 17.9. The molecule has 2 aromatic rings. The molecule has 2 aromatic carbocycles. The zero-order valence-corrected chi connectivity index (χ0v) is 14.6. The van der Waals surface area contributed by atoms with E-state index in [4.69, 9.17) is 0 Å². The van der Waals surface area contributed by atoms with Crippen molar-refractivity contribution < 1.29 is 0 Å². The molecule has 0 atom stereocenters. The van der Waals surface area contributed by atoms with Crippen molar-refractivity contribution in [1.29, 1.82) is 0 Å². The van der Waals surface area contributed by atoms with Gasteiger partial charge in [0, 0.05) is 0 Å². The standard InChI is InChI=1S/C19H22.BrH.H3N/c1-2-3-4-5-9-15-11-8-13-18-17-12-7-6-10-16(17)14-19(15)18;;/h6-8,10-13H,2-5,9,14H2,1H3;1H;1H3. The second-order valence-corrected chi connectivity index (χ2v) is 5.59. The van der Waals surface area contributed by atoms with Crippen molar-refractivity contribution in [3.05, 3.63) is 59.2 Å². The molecule has 0 amide bonds. The molecule has 0 heterocycles. The van der Waals surface area contributed by atoms with Crippen molar-refractivity contribution in [2.75, 3.05) is 0 Å². The van der Waals surface area contributed by atoms with Gasteiger partial charge < -0.3 is 6.15 Å². The van der Waals surface area contributed by atoms with Crippen molar-refractivity contribution in [1.82, 2.24) is 6.15 Å². The summed E-state index contributed by atoms with van der Waals surface area (Å²) in [4.78, 5) is 0. The highest BCUT2D eigenvalue weighted by Gasteiger charge is 2.19. The summed E-state index contributed by atoms with van der Waals surface area (Å²) in [6, 6.07) is 15.7. The van der Waals surface area contributed by atoms with E-state index < -0.39 is 0 Å². The van der Waals surface area contributed by atoms with Gasteiger partial charge in [-0.2, -0.15) is 0 Å². The maximum absolute atomic E-state index is 2.33. The van der Waals surface area contributed by atoms with E-state index in [9.17, 15) is 0 Å². The van der Waals surface area contributed by atoms with Gasteiger partial charge in [-0.3, -0.25) is 0 Å². The Kier molecular flexibility index (Phi) is 7.13. The fourth-order valence-electron chi connectivity index (χ4n) is 3.20. The molecule has 0 aromatic heterocycles. The van der Waals surface area contributed by atoms with E-state index in [0.29, 0.717) is 0 Å². The smallest absolute Gasteiger partial charge is 0.00107 e. The van der Waals surface area contributed by atoms with Crippen LogP contribution in [0.5, 0.6) is 0 Å². The third-order valence-electron chi connectivity index (χ3n) is 4.25. The van der Waals surface area contributed by atoms with Crippen LogP contribution in [0.4, 0.5) is 0 Å². The molecule has 114 valence electrons. The largest absolute Gasteiger partial charge is 0.344 e. The van der Waals surface area contributed by atoms with Gasteiger partial charge in [0.1, 0.15) is 0 Å². The summed E-state index contributed by atoms with van der Waals surface area (Å²) in [5.41, 5.74) is 7.58. The number of aryl methyl sites for hydroxylation is 1. The molecule has 0 radical (unpaired) electrons. The molecule has 1 aliphatic rings. The van der Waals surface area contributed by atoms with E-state index in [2.05, 4.69) is 49.4 Å². The lowest BCUT2D eigenvalue weighted by Gasteiger charge is -2.08. The van der Waals surface area contributed by atoms with E-state index >= 15 is 0 Å². The van der Waals surface area contributed by atoms with Gasteiger partial charge in [0.05, 0.1) is 0 Å². The molecule has 0 spiro atoms. The van der Waals surface area contributed by atoms with Crippen LogP contribution in [0, 0.1) is 0 Å². The van der Waals surface area contributed by atoms with E-state index in [1.807, 2.05) is 0 Å². The van der Waals surface area contributed by atoms with Crippen molar-refractivity contribution >= 4 is 17.0 Å². The fourth-order valence-corrected chi connectivity index (χ4v) is 3.20. The number of halogens is 1. The molecule has 1 aliphatic carbocycles. The van der Waals surface area contributed by atoms with E-state index in [0.717, 1.165) is 6.42 Å². The average Bonchev–Trinajstić information content (AvgIpc) is 2.83. The predicted octanol–water partition coefficient (Wildman–Crippen LogP) is 6.12. The average molecular weight is 348 g/mol. The zero-order chi connectivity index (χ0) is 13.1. The van der Waals surface area contributed by atoms with Crippen LogP contribution in [0.1, 0.15) is 49.3 Å². The minimum atomic E-state index is 0. The Balaban J connectivity index is 0.00000110. The fraction of sp³-hybridized carbons (Fsp3) is 0.368. The Bertz CT molecular complexity index is 578. The van der Waals surface area contributed by atoms with E-state index in [1.54, 1.807) is 11.1 Å². The number of benzene rings is 2. The van der Waals surface area contributed by atoms with Crippen LogP contribution < -0.4 is 6.15 Å². The summed E-state index contributed by atoms with van der Waals surface area (Å²) in [5.74, 6) is 0. The summed E-state index contributed by atoms with van der Waals surface area (Å²) in [6.45, 7) is 2.27. The Morgan fingerprint density at radius 3 is 2.43 bits per heavy atom. The summed E-state index contributed by atoms with van der Waals surface area (Å²) in [7, 11) is 0. The number of hydrogen-bond donors (Lipinski definition) is 1. The molecule has 0 unspecified atom stereocenters. The molecular weight excluding hydrogens is 322 g/mol. The van der Waals surface area contributed by atoms with Gasteiger partial charge >= 0.3 is 0 Å². The van der Waals surface area contributed by atoms with Crippen molar-refractivity contribution in [3.8, 4) is 11.1 Å². The van der Waals surface area contributed by atoms with E-state index in [1.165, 1.54) is 48.8 Å². The molecule has 21 heavy (non-hydrogen) atoms. The maximum Gasteiger partial charge on any atom is -0.00107 e. The van der Waals surface area contributed by atoms with Gasteiger partial charge in [-0.15, -0.1) is 17.0 Å². The number of fused-ring (bicyclic) bond motifs is 3. The highest BCUT2D eigenvalue weighted by molar-refractivity contribution is 8.93. The van der Waals surface area contributed by atoms with Gasteiger partial charge in [0.2, 0.25) is 0 Å². The summed E-state index contributed by atoms with van der Waals surface area (Å²) in [6.07, 6.45) is 7.77. The quantitative estimate of drug-likeness (QED) is 0.554. The molecule has 0 bridgehead atoms. The second-order valence-electron chi connectivity index (χ2n) is 5.59. The van der Waals surface area contributed by atoms with Crippen LogP contribution in [0.15, 0.2) is 42.5 Å². The number of rotatable bonds is 5. The monoisotopic (exact) mass is 347 g/mol. The van der Waals surface area contributed by atoms with E-state index in [-0.39, 0.29) is 23.1 Å². The van der Waals surface area contributed by atoms with Crippen LogP contribution in [-0.4, -0.2) is 0 Å². The lowest BCUT2D eigenvalue weighted by molar-refractivity contribution is 0.665. The van der Waals surface area contributed by atoms with Gasteiger partial charge in [0.25, 0.3) is 0 Å². The minimum absolute atomic E-state index is 0. The summed E-state index contributed by atoms with van der Waals surface area (Å²) >= 11 is 0. The molecule has 0 saturated carbocycles. The molecule has 3 rings (SSSR count). The third kappa shape index (κ3) is 3.75. The normalized spacial score (nSPS) is 11.1. The SMILES string of the molecule is Br.CCCCCCc1cccc2c1Cc1ccccc1-2.N. The summed E-state index contributed by atoms with van der Waals surface area (Å²) in [5, 5.41) is 0. The molecule has 0 fully saturated rings. The summed E-state index contributed by atoms with van der Waals surface area (Å²) < 4.78 is 0. The number of hydrogen-bond acceptors (Lipinski definition) is 1. The topological polar surface area (TPSA) is 35.0 Å². The Morgan fingerprint density at radius 2 is 1.62 bits per heavy atom. The lowest BCUT2D eigenvalue weighted by Crippen LogP contribution is -1.93. The Hall–Kier alpha value is -1.12. The molecule has 3 N–H and O–H groups in total. The van der Waals surface area contributed by atoms with Crippen molar-refractivity contribution in [2.45, 2.75) is 45.4 Å². The van der Waals surface area contributed by atoms with Gasteiger partial charge in [-0.05, 0) is 47.1 Å². The van der Waals surface area contributed by atoms with Gasteiger partial charge in [0.15, 0.2) is 0 Å². The maximum atomic E-state index is 2.33.